The molecule has 0 saturated carbocycles. The van der Waals surface area contributed by atoms with E-state index in [2.05, 4.69) is 9.97 Å². The second-order valence-corrected chi connectivity index (χ2v) is 5.81. The first-order valence-electron chi connectivity index (χ1n) is 5.78. The van der Waals surface area contributed by atoms with Crippen LogP contribution < -0.4 is 0 Å². The Morgan fingerprint density at radius 1 is 1.16 bits per heavy atom. The highest BCUT2D eigenvalue weighted by Crippen LogP contribution is 2.18. The van der Waals surface area contributed by atoms with Gasteiger partial charge in [0.1, 0.15) is 0 Å². The van der Waals surface area contributed by atoms with E-state index in [9.17, 15) is 4.79 Å². The van der Waals surface area contributed by atoms with Gasteiger partial charge in [-0.1, -0.05) is 23.9 Å². The second-order valence-electron chi connectivity index (χ2n) is 3.98. The van der Waals surface area contributed by atoms with E-state index in [-0.39, 0.29) is 5.78 Å². The molecule has 5 heteroatoms. The molecule has 2 aromatic rings. The molecule has 1 heterocycles. The largest absolute Gasteiger partial charge is 0.293 e. The number of aryl methyl sites for hydroxylation is 1. The van der Waals surface area contributed by atoms with E-state index in [4.69, 9.17) is 0 Å². The van der Waals surface area contributed by atoms with E-state index in [1.165, 1.54) is 11.8 Å². The average molecular weight is 290 g/mol. The monoisotopic (exact) mass is 290 g/mol. The molecule has 0 amide bonds. The van der Waals surface area contributed by atoms with Gasteiger partial charge in [0.05, 0.1) is 5.75 Å². The maximum Gasteiger partial charge on any atom is 0.187 e. The van der Waals surface area contributed by atoms with Gasteiger partial charge in [0, 0.05) is 22.9 Å². The van der Waals surface area contributed by atoms with Crippen LogP contribution in [0.15, 0.2) is 46.7 Å². The molecule has 1 aromatic carbocycles. The summed E-state index contributed by atoms with van der Waals surface area (Å²) >= 11 is 3.03. The lowest BCUT2D eigenvalue weighted by atomic mass is 10.1. The number of ketones is 1. The molecule has 0 atom stereocenters. The molecule has 0 fully saturated rings. The van der Waals surface area contributed by atoms with Crippen molar-refractivity contribution in [3.8, 4) is 0 Å². The standard InChI is InChI=1S/C14H14N2OS2/c1-10-7-15-14(16-8-10)19-9-13(17)11-3-5-12(18-2)6-4-11/h3-8H,9H2,1-2H3. The van der Waals surface area contributed by atoms with E-state index < -0.39 is 0 Å². The van der Waals surface area contributed by atoms with Crippen LogP contribution in [0.3, 0.4) is 0 Å². The van der Waals surface area contributed by atoms with Crippen molar-refractivity contribution in [2.75, 3.05) is 12.0 Å². The van der Waals surface area contributed by atoms with Crippen LogP contribution in [0.2, 0.25) is 0 Å². The zero-order valence-electron chi connectivity index (χ0n) is 10.8. The molecule has 1 aromatic heterocycles. The molecule has 0 aliphatic heterocycles. The van der Waals surface area contributed by atoms with Gasteiger partial charge in [-0.2, -0.15) is 0 Å². The SMILES string of the molecule is CSc1ccc(C(=O)CSc2ncc(C)cn2)cc1. The number of hydrogen-bond acceptors (Lipinski definition) is 5. The topological polar surface area (TPSA) is 42.9 Å². The van der Waals surface area contributed by atoms with Crippen LogP contribution >= 0.6 is 23.5 Å². The summed E-state index contributed by atoms with van der Waals surface area (Å²) in [5.74, 6) is 0.462. The van der Waals surface area contributed by atoms with Crippen LogP contribution in [-0.2, 0) is 0 Å². The van der Waals surface area contributed by atoms with E-state index in [1.54, 1.807) is 24.2 Å². The molecule has 2 rings (SSSR count). The number of benzene rings is 1. The smallest absolute Gasteiger partial charge is 0.187 e. The number of rotatable bonds is 5. The molecule has 0 aliphatic carbocycles. The lowest BCUT2D eigenvalue weighted by molar-refractivity contribution is 0.102. The predicted molar refractivity (Wildman–Crippen MR) is 80.0 cm³/mol. The van der Waals surface area contributed by atoms with Crippen molar-refractivity contribution < 1.29 is 4.79 Å². The number of thioether (sulfide) groups is 2. The Balaban J connectivity index is 1.95. The van der Waals surface area contributed by atoms with Crippen LogP contribution in [-0.4, -0.2) is 27.8 Å². The minimum atomic E-state index is 0.0989. The third-order valence-corrected chi connectivity index (χ3v) is 4.12. The minimum absolute atomic E-state index is 0.0989. The van der Waals surface area contributed by atoms with Gasteiger partial charge < -0.3 is 0 Å². The lowest BCUT2D eigenvalue weighted by Gasteiger charge is -2.02. The van der Waals surface area contributed by atoms with Crippen molar-refractivity contribution in [2.24, 2.45) is 0 Å². The van der Waals surface area contributed by atoms with Gasteiger partial charge in [-0.15, -0.1) is 11.8 Å². The maximum atomic E-state index is 12.0. The van der Waals surface area contributed by atoms with Crippen LogP contribution in [0.5, 0.6) is 0 Å². The Hall–Kier alpha value is -1.33. The average Bonchev–Trinajstić information content (AvgIpc) is 2.46. The first-order valence-corrected chi connectivity index (χ1v) is 7.99. The first kappa shape index (κ1) is 14.1. The van der Waals surface area contributed by atoms with Crippen molar-refractivity contribution in [3.05, 3.63) is 47.8 Å². The summed E-state index contributed by atoms with van der Waals surface area (Å²) in [5, 5.41) is 0.639. The third-order valence-electron chi connectivity index (χ3n) is 2.50. The molecule has 0 N–H and O–H groups in total. The quantitative estimate of drug-likeness (QED) is 0.479. The Morgan fingerprint density at radius 2 is 1.79 bits per heavy atom. The molecule has 3 nitrogen and oxygen atoms in total. The summed E-state index contributed by atoms with van der Waals surface area (Å²) in [7, 11) is 0. The first-order chi connectivity index (χ1) is 9.19. The van der Waals surface area contributed by atoms with E-state index in [1.807, 2.05) is 37.4 Å². The second kappa shape index (κ2) is 6.73. The predicted octanol–water partition coefficient (Wildman–Crippen LogP) is 3.48. The number of nitrogens with zero attached hydrogens (tertiary/aromatic N) is 2. The molecule has 0 aliphatic rings. The van der Waals surface area contributed by atoms with Gasteiger partial charge >= 0.3 is 0 Å². The third kappa shape index (κ3) is 4.08. The Kier molecular flexibility index (Phi) is 4.99. The summed E-state index contributed by atoms with van der Waals surface area (Å²) in [4.78, 5) is 21.5. The zero-order chi connectivity index (χ0) is 13.7. The van der Waals surface area contributed by atoms with Crippen molar-refractivity contribution >= 4 is 29.3 Å². The van der Waals surface area contributed by atoms with Crippen molar-refractivity contribution in [1.82, 2.24) is 9.97 Å². The lowest BCUT2D eigenvalue weighted by Crippen LogP contribution is -2.02. The van der Waals surface area contributed by atoms with Crippen molar-refractivity contribution in [3.63, 3.8) is 0 Å². The maximum absolute atomic E-state index is 12.0. The van der Waals surface area contributed by atoms with E-state index >= 15 is 0 Å². The van der Waals surface area contributed by atoms with Crippen LogP contribution in [0.25, 0.3) is 0 Å². The zero-order valence-corrected chi connectivity index (χ0v) is 12.4. The summed E-state index contributed by atoms with van der Waals surface area (Å²) in [6.45, 7) is 1.94. The normalized spacial score (nSPS) is 10.4. The van der Waals surface area contributed by atoms with Gasteiger partial charge in [0.2, 0.25) is 0 Å². The molecule has 0 spiro atoms. The highest BCUT2D eigenvalue weighted by atomic mass is 32.2. The Labute approximate surface area is 121 Å². The number of aromatic nitrogens is 2. The Bertz CT molecular complexity index is 553. The highest BCUT2D eigenvalue weighted by molar-refractivity contribution is 7.99. The van der Waals surface area contributed by atoms with Gasteiger partial charge in [-0.3, -0.25) is 4.79 Å². The van der Waals surface area contributed by atoms with E-state index in [0.717, 1.165) is 16.0 Å². The van der Waals surface area contributed by atoms with Crippen molar-refractivity contribution in [1.29, 1.82) is 0 Å². The minimum Gasteiger partial charge on any atom is -0.293 e. The van der Waals surface area contributed by atoms with Crippen LogP contribution in [0.1, 0.15) is 15.9 Å². The van der Waals surface area contributed by atoms with Gasteiger partial charge in [-0.05, 0) is 30.9 Å². The Morgan fingerprint density at radius 3 is 2.37 bits per heavy atom. The summed E-state index contributed by atoms with van der Waals surface area (Å²) < 4.78 is 0. The fourth-order valence-electron chi connectivity index (χ4n) is 1.45. The number of carbonyl (C=O) groups excluding carboxylic acids is 1. The highest BCUT2D eigenvalue weighted by Gasteiger charge is 2.07. The fourth-order valence-corrected chi connectivity index (χ4v) is 2.54. The summed E-state index contributed by atoms with van der Waals surface area (Å²) in [6, 6.07) is 7.66. The van der Waals surface area contributed by atoms with Gasteiger partial charge in [0.25, 0.3) is 0 Å². The molecule has 98 valence electrons. The molecule has 19 heavy (non-hydrogen) atoms. The fraction of sp³-hybridized carbons (Fsp3) is 0.214. The van der Waals surface area contributed by atoms with Gasteiger partial charge in [-0.25, -0.2) is 9.97 Å². The molecule has 0 saturated heterocycles. The molecular formula is C14H14N2OS2. The molecular weight excluding hydrogens is 276 g/mol. The van der Waals surface area contributed by atoms with Crippen molar-refractivity contribution in [2.45, 2.75) is 17.0 Å². The molecule has 0 unspecified atom stereocenters. The van der Waals surface area contributed by atoms with Gasteiger partial charge in [0.15, 0.2) is 10.9 Å². The number of Topliss-reactive ketones (excluding diaryl/α,β-unsaturated/α-hetero) is 1. The number of hydrogen-bond donors (Lipinski definition) is 0. The van der Waals surface area contributed by atoms with Crippen LogP contribution in [0.4, 0.5) is 0 Å². The number of carbonyl (C=O) groups is 1. The van der Waals surface area contributed by atoms with Crippen LogP contribution in [0, 0.1) is 6.92 Å². The summed E-state index contributed by atoms with van der Waals surface area (Å²) in [5.41, 5.74) is 1.75. The molecule has 0 radical (unpaired) electrons. The molecule has 0 bridgehead atoms. The van der Waals surface area contributed by atoms with E-state index in [0.29, 0.717) is 10.9 Å². The summed E-state index contributed by atoms with van der Waals surface area (Å²) in [6.07, 6.45) is 5.53.